The first-order chi connectivity index (χ1) is 14.6. The third-order valence-electron chi connectivity index (χ3n) is 5.42. The molecular formula is C23H26ClFN4OS. The van der Waals surface area contributed by atoms with E-state index in [2.05, 4.69) is 32.7 Å². The summed E-state index contributed by atoms with van der Waals surface area (Å²) >= 11 is 7.67. The fourth-order valence-electron chi connectivity index (χ4n) is 4.09. The second kappa shape index (κ2) is 8.52. The van der Waals surface area contributed by atoms with Crippen molar-refractivity contribution in [2.24, 2.45) is 0 Å². The van der Waals surface area contributed by atoms with Crippen LogP contribution in [0.3, 0.4) is 0 Å². The molecule has 0 saturated carbocycles. The molecule has 0 amide bonds. The van der Waals surface area contributed by atoms with Crippen LogP contribution >= 0.6 is 23.4 Å². The number of thioether (sulfide) groups is 1. The van der Waals surface area contributed by atoms with Crippen LogP contribution in [0.1, 0.15) is 51.5 Å². The molecule has 1 aromatic carbocycles. The number of ether oxygens (including phenoxy) is 1. The molecule has 0 radical (unpaired) electrons. The van der Waals surface area contributed by atoms with Gasteiger partial charge in [0.15, 0.2) is 5.82 Å². The van der Waals surface area contributed by atoms with Crippen molar-refractivity contribution >= 4 is 23.4 Å². The molecule has 164 valence electrons. The monoisotopic (exact) mass is 460 g/mol. The number of hydrogen-bond donors (Lipinski definition) is 0. The molecule has 0 spiro atoms. The Balaban J connectivity index is 1.62. The second-order valence-electron chi connectivity index (χ2n) is 8.97. The topological polar surface area (TPSA) is 52.8 Å². The minimum Gasteiger partial charge on any atom is -0.367 e. The van der Waals surface area contributed by atoms with Crippen molar-refractivity contribution in [2.75, 3.05) is 0 Å². The summed E-state index contributed by atoms with van der Waals surface area (Å²) in [4.78, 5) is 9.01. The summed E-state index contributed by atoms with van der Waals surface area (Å²) in [7, 11) is 0. The lowest BCUT2D eigenvalue weighted by Crippen LogP contribution is -2.32. The van der Waals surface area contributed by atoms with Gasteiger partial charge in [-0.15, -0.1) is 11.8 Å². The largest absolute Gasteiger partial charge is 0.367 e. The van der Waals surface area contributed by atoms with Crippen LogP contribution in [0.5, 0.6) is 0 Å². The number of nitrogens with zero attached hydrogens (tertiary/aromatic N) is 4. The molecule has 0 bridgehead atoms. The van der Waals surface area contributed by atoms with E-state index in [1.165, 1.54) is 12.1 Å². The van der Waals surface area contributed by atoms with E-state index < -0.39 is 0 Å². The number of halogens is 2. The quantitative estimate of drug-likeness (QED) is 0.417. The zero-order valence-electron chi connectivity index (χ0n) is 18.1. The molecule has 1 aliphatic heterocycles. The Bertz CT molecular complexity index is 1050. The summed E-state index contributed by atoms with van der Waals surface area (Å²) < 4.78 is 21.5. The Morgan fingerprint density at radius 1 is 1.13 bits per heavy atom. The molecule has 3 aromatic rings. The van der Waals surface area contributed by atoms with E-state index in [0.717, 1.165) is 29.1 Å². The summed E-state index contributed by atoms with van der Waals surface area (Å²) in [5, 5.41) is 5.31. The van der Waals surface area contributed by atoms with Crippen molar-refractivity contribution in [3.8, 4) is 11.4 Å². The van der Waals surface area contributed by atoms with Crippen LogP contribution in [0.25, 0.3) is 11.4 Å². The predicted molar refractivity (Wildman–Crippen MR) is 123 cm³/mol. The summed E-state index contributed by atoms with van der Waals surface area (Å²) in [6.45, 7) is 8.43. The predicted octanol–water partition coefficient (Wildman–Crippen LogP) is 6.08. The highest BCUT2D eigenvalue weighted by Crippen LogP contribution is 2.45. The summed E-state index contributed by atoms with van der Waals surface area (Å²) in [5.41, 5.74) is 1.29. The second-order valence-corrected chi connectivity index (χ2v) is 10.3. The van der Waals surface area contributed by atoms with E-state index in [-0.39, 0.29) is 23.1 Å². The number of benzene rings is 1. The van der Waals surface area contributed by atoms with Gasteiger partial charge in [0.05, 0.1) is 23.0 Å². The molecular weight excluding hydrogens is 435 g/mol. The lowest BCUT2D eigenvalue weighted by atomic mass is 9.94. The molecule has 1 atom stereocenters. The highest BCUT2D eigenvalue weighted by molar-refractivity contribution is 7.97. The van der Waals surface area contributed by atoms with Gasteiger partial charge in [-0.05, 0) is 57.5 Å². The smallest absolute Gasteiger partial charge is 0.182 e. The van der Waals surface area contributed by atoms with Gasteiger partial charge < -0.3 is 4.74 Å². The summed E-state index contributed by atoms with van der Waals surface area (Å²) in [5.74, 6) is 2.73. The van der Waals surface area contributed by atoms with Crippen molar-refractivity contribution in [1.29, 1.82) is 0 Å². The van der Waals surface area contributed by atoms with E-state index in [0.29, 0.717) is 16.7 Å². The first-order valence-corrected chi connectivity index (χ1v) is 11.8. The van der Waals surface area contributed by atoms with Crippen LogP contribution in [-0.4, -0.2) is 31.0 Å². The molecule has 0 N–H and O–H groups in total. The average Bonchev–Trinajstić information content (AvgIpc) is 3.20. The Hall–Kier alpha value is -1.96. The average molecular weight is 461 g/mol. The molecule has 31 heavy (non-hydrogen) atoms. The van der Waals surface area contributed by atoms with Gasteiger partial charge in [-0.2, -0.15) is 5.10 Å². The Morgan fingerprint density at radius 3 is 2.48 bits per heavy atom. The van der Waals surface area contributed by atoms with Crippen molar-refractivity contribution in [2.45, 2.75) is 62.9 Å². The number of rotatable bonds is 6. The van der Waals surface area contributed by atoms with E-state index >= 15 is 0 Å². The maximum Gasteiger partial charge on any atom is 0.182 e. The molecule has 1 unspecified atom stereocenters. The van der Waals surface area contributed by atoms with Crippen molar-refractivity contribution in [3.05, 3.63) is 65.0 Å². The third kappa shape index (κ3) is 5.10. The third-order valence-corrected chi connectivity index (χ3v) is 6.65. The maximum atomic E-state index is 13.2. The van der Waals surface area contributed by atoms with Crippen molar-refractivity contribution in [3.63, 3.8) is 0 Å². The Kier molecular flexibility index (Phi) is 6.12. The van der Waals surface area contributed by atoms with Crippen LogP contribution in [0.15, 0.2) is 42.6 Å². The highest BCUT2D eigenvalue weighted by atomic mass is 35.5. The minimum absolute atomic E-state index is 0.0606. The Morgan fingerprint density at radius 2 is 1.87 bits per heavy atom. The van der Waals surface area contributed by atoms with Gasteiger partial charge in [-0.1, -0.05) is 23.7 Å². The van der Waals surface area contributed by atoms with Crippen molar-refractivity contribution in [1.82, 2.24) is 19.7 Å². The first kappa shape index (κ1) is 22.2. The Labute approximate surface area is 191 Å². The first-order valence-electron chi connectivity index (χ1n) is 10.2. The molecule has 3 heterocycles. The van der Waals surface area contributed by atoms with E-state index in [1.807, 2.05) is 22.9 Å². The highest BCUT2D eigenvalue weighted by Gasteiger charge is 2.48. The molecule has 0 aliphatic carbocycles. The molecule has 1 saturated heterocycles. The van der Waals surface area contributed by atoms with Gasteiger partial charge in [0.2, 0.25) is 0 Å². The number of aromatic nitrogens is 4. The minimum atomic E-state index is -0.372. The molecule has 1 fully saturated rings. The molecule has 1 aliphatic rings. The lowest BCUT2D eigenvalue weighted by molar-refractivity contribution is -0.0739. The van der Waals surface area contributed by atoms with Crippen LogP contribution in [-0.2, 0) is 16.2 Å². The number of pyridine rings is 1. The SMILES string of the molecule is CC1(C)CC(n2nc(-c3ccc(Cl)nc3)nc2CSCc2ccc(F)cc2)C(C)(C)O1. The van der Waals surface area contributed by atoms with Crippen LogP contribution < -0.4 is 0 Å². The van der Waals surface area contributed by atoms with E-state index in [9.17, 15) is 4.39 Å². The molecule has 2 aromatic heterocycles. The maximum absolute atomic E-state index is 13.2. The van der Waals surface area contributed by atoms with Gasteiger partial charge in [0, 0.05) is 23.9 Å². The lowest BCUT2D eigenvalue weighted by Gasteiger charge is -2.27. The van der Waals surface area contributed by atoms with Gasteiger partial charge in [0.1, 0.15) is 16.8 Å². The molecule has 5 nitrogen and oxygen atoms in total. The fourth-order valence-corrected chi connectivity index (χ4v) is 5.11. The zero-order valence-corrected chi connectivity index (χ0v) is 19.7. The summed E-state index contributed by atoms with van der Waals surface area (Å²) in [6, 6.07) is 10.3. The zero-order chi connectivity index (χ0) is 22.2. The van der Waals surface area contributed by atoms with Crippen LogP contribution in [0.2, 0.25) is 5.15 Å². The van der Waals surface area contributed by atoms with Gasteiger partial charge in [-0.3, -0.25) is 0 Å². The van der Waals surface area contributed by atoms with E-state index in [1.54, 1.807) is 24.0 Å². The molecule has 8 heteroatoms. The van der Waals surface area contributed by atoms with Gasteiger partial charge in [-0.25, -0.2) is 19.0 Å². The standard InChI is InChI=1S/C23H26ClFN4OS/c1-22(2)11-18(23(3,4)30-22)29-20(14-31-13-15-5-8-17(25)9-6-15)27-21(28-29)16-7-10-19(24)26-12-16/h5-10,12,18H,11,13-14H2,1-4H3. The van der Waals surface area contributed by atoms with E-state index in [4.69, 9.17) is 26.4 Å². The van der Waals surface area contributed by atoms with Crippen LogP contribution in [0, 0.1) is 5.82 Å². The number of hydrogen-bond acceptors (Lipinski definition) is 5. The van der Waals surface area contributed by atoms with Crippen molar-refractivity contribution < 1.29 is 9.13 Å². The van der Waals surface area contributed by atoms with Gasteiger partial charge in [0.25, 0.3) is 0 Å². The van der Waals surface area contributed by atoms with Crippen LogP contribution in [0.4, 0.5) is 4.39 Å². The summed E-state index contributed by atoms with van der Waals surface area (Å²) in [6.07, 6.45) is 2.54. The van der Waals surface area contributed by atoms with Gasteiger partial charge >= 0.3 is 0 Å². The fraction of sp³-hybridized carbons (Fsp3) is 0.435. The molecule has 4 rings (SSSR count). The normalized spacial score (nSPS) is 19.6.